The van der Waals surface area contributed by atoms with Gasteiger partial charge in [-0.15, -0.1) is 0 Å². The maximum absolute atomic E-state index is 11.9. The van der Waals surface area contributed by atoms with Gasteiger partial charge in [0.15, 0.2) is 5.96 Å². The highest BCUT2D eigenvalue weighted by atomic mass is 35.5. The molecule has 0 amide bonds. The summed E-state index contributed by atoms with van der Waals surface area (Å²) in [5.74, 6) is 0.716. The lowest BCUT2D eigenvalue weighted by molar-refractivity contribution is 0.387. The third-order valence-electron chi connectivity index (χ3n) is 5.18. The minimum atomic E-state index is -3.15. The summed E-state index contributed by atoms with van der Waals surface area (Å²) in [6.45, 7) is 3.01. The summed E-state index contributed by atoms with van der Waals surface area (Å²) in [6.07, 6.45) is 4.07. The van der Waals surface area contributed by atoms with Crippen LogP contribution in [0.3, 0.4) is 0 Å². The monoisotopic (exact) mass is 413 g/mol. The number of hydrogen-bond donors (Lipinski definition) is 2. The summed E-state index contributed by atoms with van der Waals surface area (Å²) in [5.41, 5.74) is 1.13. The first-order chi connectivity index (χ1) is 12.9. The molecule has 2 atom stereocenters. The summed E-state index contributed by atoms with van der Waals surface area (Å²) in [5, 5.41) is 7.49. The fourth-order valence-electron chi connectivity index (χ4n) is 3.84. The van der Waals surface area contributed by atoms with Crippen LogP contribution >= 0.6 is 11.6 Å². The van der Waals surface area contributed by atoms with Gasteiger partial charge in [0.05, 0.1) is 6.26 Å². The van der Waals surface area contributed by atoms with Crippen LogP contribution in [0.1, 0.15) is 19.3 Å². The van der Waals surface area contributed by atoms with Crippen molar-refractivity contribution in [3.63, 3.8) is 0 Å². The average Bonchev–Trinajstić information content (AvgIpc) is 3.27. The van der Waals surface area contributed by atoms with Crippen molar-refractivity contribution in [2.75, 3.05) is 44.4 Å². The minimum Gasteiger partial charge on any atom is -0.369 e. The number of hydrogen-bond acceptors (Lipinski definition) is 4. The Bertz CT molecular complexity index is 786. The Morgan fingerprint density at radius 1 is 1.33 bits per heavy atom. The maximum atomic E-state index is 11.9. The fourth-order valence-corrected chi connectivity index (χ4v) is 5.20. The summed E-state index contributed by atoms with van der Waals surface area (Å²) in [4.78, 5) is 6.60. The topological polar surface area (TPSA) is 77.0 Å². The molecule has 2 heterocycles. The Balaban J connectivity index is 1.51. The summed E-state index contributed by atoms with van der Waals surface area (Å²) < 4.78 is 25.3. The third-order valence-corrected chi connectivity index (χ3v) is 6.75. The van der Waals surface area contributed by atoms with Crippen molar-refractivity contribution < 1.29 is 8.42 Å². The number of anilines is 1. The number of benzene rings is 1. The molecule has 1 aromatic carbocycles. The van der Waals surface area contributed by atoms with Crippen LogP contribution in [0, 0.1) is 0 Å². The smallest absolute Gasteiger partial charge is 0.211 e. The molecule has 1 aromatic rings. The van der Waals surface area contributed by atoms with E-state index in [9.17, 15) is 8.42 Å². The van der Waals surface area contributed by atoms with Gasteiger partial charge in [0.1, 0.15) is 0 Å². The molecular weight excluding hydrogens is 386 g/mol. The van der Waals surface area contributed by atoms with Crippen molar-refractivity contribution in [3.05, 3.63) is 29.3 Å². The third kappa shape index (κ3) is 5.27. The van der Waals surface area contributed by atoms with Crippen molar-refractivity contribution in [3.8, 4) is 0 Å². The van der Waals surface area contributed by atoms with E-state index in [1.54, 1.807) is 11.4 Å². The van der Waals surface area contributed by atoms with Gasteiger partial charge in [0.2, 0.25) is 10.0 Å². The largest absolute Gasteiger partial charge is 0.369 e. The van der Waals surface area contributed by atoms with Crippen LogP contribution in [0.15, 0.2) is 29.3 Å². The molecule has 0 radical (unpaired) electrons. The Morgan fingerprint density at radius 3 is 2.85 bits per heavy atom. The molecule has 2 N–H and O–H groups in total. The highest BCUT2D eigenvalue weighted by Crippen LogP contribution is 2.23. The molecule has 7 nitrogen and oxygen atoms in total. The first kappa shape index (κ1) is 20.2. The molecule has 0 bridgehead atoms. The summed E-state index contributed by atoms with van der Waals surface area (Å²) >= 11 is 6.10. The Labute approximate surface area is 166 Å². The second-order valence-electron chi connectivity index (χ2n) is 7.18. The van der Waals surface area contributed by atoms with E-state index in [2.05, 4.69) is 26.6 Å². The molecule has 3 rings (SSSR count). The number of guanidine groups is 1. The second-order valence-corrected chi connectivity index (χ2v) is 9.55. The van der Waals surface area contributed by atoms with Crippen molar-refractivity contribution in [2.24, 2.45) is 4.99 Å². The number of aliphatic imine (C=N–C) groups is 1. The van der Waals surface area contributed by atoms with Crippen molar-refractivity contribution in [2.45, 2.75) is 31.3 Å². The van der Waals surface area contributed by atoms with Crippen LogP contribution in [0.5, 0.6) is 0 Å². The zero-order chi connectivity index (χ0) is 19.4. The maximum Gasteiger partial charge on any atom is 0.211 e. The molecule has 27 heavy (non-hydrogen) atoms. The van der Waals surface area contributed by atoms with Gasteiger partial charge in [-0.3, -0.25) is 4.99 Å². The van der Waals surface area contributed by atoms with Crippen LogP contribution in [0.2, 0.25) is 5.02 Å². The Morgan fingerprint density at radius 2 is 2.15 bits per heavy atom. The fraction of sp³-hybridized carbons (Fsp3) is 0.611. The van der Waals surface area contributed by atoms with Gasteiger partial charge in [-0.1, -0.05) is 17.7 Å². The highest BCUT2D eigenvalue weighted by Gasteiger charge is 2.31. The summed E-state index contributed by atoms with van der Waals surface area (Å²) in [7, 11) is -1.42. The van der Waals surface area contributed by atoms with E-state index < -0.39 is 10.0 Å². The standard InChI is InChI=1S/C18H28ClN5O2S/c1-20-18(21-12-17-7-4-9-24(17)27(2,25)26)22-15-8-10-23(13-15)16-6-3-5-14(19)11-16/h3,5-6,11,15,17H,4,7-10,12-13H2,1-2H3,(H2,20,21,22)/t15?,17-/m1/s1. The molecule has 2 aliphatic rings. The molecular formula is C18H28ClN5O2S. The lowest BCUT2D eigenvalue weighted by Gasteiger charge is -2.24. The van der Waals surface area contributed by atoms with Gasteiger partial charge in [-0.25, -0.2) is 8.42 Å². The SMILES string of the molecule is CN=C(NC[C@H]1CCCN1S(C)(=O)=O)NC1CCN(c2cccc(Cl)c2)C1. The Hall–Kier alpha value is -1.51. The van der Waals surface area contributed by atoms with Gasteiger partial charge >= 0.3 is 0 Å². The summed E-state index contributed by atoms with van der Waals surface area (Å²) in [6, 6.07) is 8.17. The first-order valence-corrected chi connectivity index (χ1v) is 11.5. The van der Waals surface area contributed by atoms with Crippen molar-refractivity contribution in [1.29, 1.82) is 0 Å². The average molecular weight is 414 g/mol. The highest BCUT2D eigenvalue weighted by molar-refractivity contribution is 7.88. The number of rotatable bonds is 5. The van der Waals surface area contributed by atoms with E-state index in [4.69, 9.17) is 11.6 Å². The van der Waals surface area contributed by atoms with E-state index >= 15 is 0 Å². The van der Waals surface area contributed by atoms with Gasteiger partial charge in [-0.05, 0) is 37.5 Å². The molecule has 9 heteroatoms. The molecule has 0 aromatic heterocycles. The van der Waals surface area contributed by atoms with Gasteiger partial charge < -0.3 is 15.5 Å². The molecule has 150 valence electrons. The normalized spacial score (nSPS) is 24.4. The first-order valence-electron chi connectivity index (χ1n) is 9.31. The predicted octanol–water partition coefficient (Wildman–Crippen LogP) is 1.51. The number of nitrogens with one attached hydrogen (secondary N) is 2. The number of halogens is 1. The zero-order valence-corrected chi connectivity index (χ0v) is 17.4. The van der Waals surface area contributed by atoms with Crippen LogP contribution in [-0.4, -0.2) is 70.2 Å². The van der Waals surface area contributed by atoms with Crippen LogP contribution < -0.4 is 15.5 Å². The molecule has 0 spiro atoms. The van der Waals surface area contributed by atoms with Gasteiger partial charge in [0, 0.05) is 56.0 Å². The molecule has 2 saturated heterocycles. The van der Waals surface area contributed by atoms with Gasteiger partial charge in [0.25, 0.3) is 0 Å². The van der Waals surface area contributed by atoms with Crippen molar-refractivity contribution in [1.82, 2.24) is 14.9 Å². The lowest BCUT2D eigenvalue weighted by atomic mass is 10.2. The molecule has 0 aliphatic carbocycles. The van der Waals surface area contributed by atoms with E-state index in [1.165, 1.54) is 6.26 Å². The second kappa shape index (κ2) is 8.67. The van der Waals surface area contributed by atoms with E-state index in [1.807, 2.05) is 18.2 Å². The van der Waals surface area contributed by atoms with Crippen LogP contribution in [-0.2, 0) is 10.0 Å². The lowest BCUT2D eigenvalue weighted by Crippen LogP contribution is -2.49. The van der Waals surface area contributed by atoms with Crippen LogP contribution in [0.4, 0.5) is 5.69 Å². The molecule has 0 saturated carbocycles. The quantitative estimate of drug-likeness (QED) is 0.565. The van der Waals surface area contributed by atoms with Gasteiger partial charge in [-0.2, -0.15) is 4.31 Å². The van der Waals surface area contributed by atoms with E-state index in [0.29, 0.717) is 19.0 Å². The molecule has 2 aliphatic heterocycles. The number of nitrogens with zero attached hydrogens (tertiary/aromatic N) is 3. The Kier molecular flexibility index (Phi) is 6.49. The molecule has 2 fully saturated rings. The van der Waals surface area contributed by atoms with Crippen LogP contribution in [0.25, 0.3) is 0 Å². The van der Waals surface area contributed by atoms with E-state index in [0.717, 1.165) is 43.1 Å². The number of sulfonamides is 1. The zero-order valence-electron chi connectivity index (χ0n) is 15.9. The predicted molar refractivity (Wildman–Crippen MR) is 111 cm³/mol. The minimum absolute atomic E-state index is 0.00918. The molecule has 1 unspecified atom stereocenters. The van der Waals surface area contributed by atoms with Crippen molar-refractivity contribution >= 4 is 33.3 Å². The van der Waals surface area contributed by atoms with E-state index in [-0.39, 0.29) is 12.1 Å².